The second-order valence-electron chi connectivity index (χ2n) is 19.5. The number of hydrogen-bond donors (Lipinski definition) is 0. The zero-order valence-corrected chi connectivity index (χ0v) is 48.7. The summed E-state index contributed by atoms with van der Waals surface area (Å²) in [4.78, 5) is 0. The van der Waals surface area contributed by atoms with Gasteiger partial charge in [0.2, 0.25) is 0 Å². The second kappa shape index (κ2) is 55.4. The van der Waals surface area contributed by atoms with Gasteiger partial charge in [-0.15, -0.1) is 0 Å². The topological polar surface area (TPSA) is 0 Å². The number of aryl methyl sites for hydroxylation is 3. The lowest BCUT2D eigenvalue weighted by Crippen LogP contribution is -1.93. The summed E-state index contributed by atoms with van der Waals surface area (Å²) in [5, 5.41) is 0. The van der Waals surface area contributed by atoms with Crippen LogP contribution in [0.5, 0.6) is 0 Å². The number of benzene rings is 5. The normalized spacial score (nSPS) is 9.20. The molecule has 0 nitrogen and oxygen atoms in total. The summed E-state index contributed by atoms with van der Waals surface area (Å²) in [6.07, 6.45) is 10.6. The third kappa shape index (κ3) is 69.1. The van der Waals surface area contributed by atoms with Crippen LogP contribution < -0.4 is 0 Å². The van der Waals surface area contributed by atoms with E-state index < -0.39 is 0 Å². The second-order valence-corrected chi connectivity index (χ2v) is 19.5. The Morgan fingerprint density at radius 1 is 0.348 bits per heavy atom. The first kappa shape index (κ1) is 73.7. The quantitative estimate of drug-likeness (QED) is 0.153. The molecule has 0 atom stereocenters. The zero-order valence-electron chi connectivity index (χ0n) is 48.7. The molecule has 0 heteroatoms. The largest absolute Gasteiger partial charge is 0.0683 e. The van der Waals surface area contributed by atoms with E-state index in [1.807, 2.05) is 44.2 Å². The van der Waals surface area contributed by atoms with E-state index in [1.54, 1.807) is 0 Å². The summed E-state index contributed by atoms with van der Waals surface area (Å²) in [6, 6.07) is 48.3. The summed E-state index contributed by atoms with van der Waals surface area (Å²) in [7, 11) is 0. The Labute approximate surface area is 417 Å². The lowest BCUT2D eigenvalue weighted by molar-refractivity contribution is 0.469. The van der Waals surface area contributed by atoms with E-state index in [0.717, 1.165) is 17.8 Å². The first-order valence-electron chi connectivity index (χ1n) is 26.4. The van der Waals surface area contributed by atoms with E-state index in [1.165, 1.54) is 90.3 Å². The minimum absolute atomic E-state index is 0.500. The van der Waals surface area contributed by atoms with Crippen molar-refractivity contribution >= 4 is 0 Å². The molecule has 0 unspecified atom stereocenters. The van der Waals surface area contributed by atoms with Crippen LogP contribution in [0.15, 0.2) is 140 Å². The van der Waals surface area contributed by atoms with E-state index in [9.17, 15) is 0 Å². The average molecular weight is 908 g/mol. The summed E-state index contributed by atoms with van der Waals surface area (Å²) < 4.78 is 0. The molecule has 0 amide bonds. The highest BCUT2D eigenvalue weighted by Gasteiger charge is 1.96. The molecular weight excluding hydrogens is 793 g/mol. The van der Waals surface area contributed by atoms with Crippen LogP contribution in [0.2, 0.25) is 0 Å². The molecule has 0 aliphatic heterocycles. The Morgan fingerprint density at radius 3 is 0.818 bits per heavy atom. The van der Waals surface area contributed by atoms with Gasteiger partial charge in [0, 0.05) is 0 Å². The van der Waals surface area contributed by atoms with Crippen LogP contribution >= 0.6 is 0 Å². The Bertz CT molecular complexity index is 1530. The maximum atomic E-state index is 2.22. The van der Waals surface area contributed by atoms with Crippen molar-refractivity contribution in [2.75, 3.05) is 0 Å². The molecule has 0 aliphatic carbocycles. The highest BCUT2D eigenvalue weighted by molar-refractivity contribution is 5.64. The first-order valence-corrected chi connectivity index (χ1v) is 26.4. The van der Waals surface area contributed by atoms with Crippen LogP contribution in [0.4, 0.5) is 0 Å². The molecule has 0 N–H and O–H groups in total. The Morgan fingerprint density at radius 2 is 0.591 bits per heavy atom. The Kier molecular flexibility index (Phi) is 61.9. The van der Waals surface area contributed by atoms with E-state index in [0.29, 0.717) is 5.41 Å². The van der Waals surface area contributed by atoms with Gasteiger partial charge < -0.3 is 0 Å². The van der Waals surface area contributed by atoms with Crippen LogP contribution in [0.3, 0.4) is 0 Å². The molecule has 0 heterocycles. The summed E-state index contributed by atoms with van der Waals surface area (Å²) in [5.74, 6) is 2.60. The van der Waals surface area contributed by atoms with Gasteiger partial charge in [-0.2, -0.15) is 0 Å². The smallest absolute Gasteiger partial charge is 0.0181 e. The van der Waals surface area contributed by atoms with E-state index in [-0.39, 0.29) is 0 Å². The molecule has 0 fully saturated rings. The summed E-state index contributed by atoms with van der Waals surface area (Å²) in [5.41, 5.74) is 9.57. The van der Waals surface area contributed by atoms with Crippen LogP contribution in [0, 0.1) is 43.9 Å². The van der Waals surface area contributed by atoms with Crippen LogP contribution in [0.1, 0.15) is 213 Å². The van der Waals surface area contributed by atoms with Crippen molar-refractivity contribution in [3.05, 3.63) is 156 Å². The van der Waals surface area contributed by atoms with Gasteiger partial charge in [-0.25, -0.2) is 0 Å². The molecule has 0 aromatic heterocycles. The van der Waals surface area contributed by atoms with Gasteiger partial charge in [0.15, 0.2) is 0 Å². The van der Waals surface area contributed by atoms with Crippen molar-refractivity contribution in [1.29, 1.82) is 0 Å². The average Bonchev–Trinajstić information content (AvgIpc) is 3.29. The van der Waals surface area contributed by atoms with Gasteiger partial charge in [0.05, 0.1) is 0 Å². The minimum atomic E-state index is 0.500. The molecule has 0 bridgehead atoms. The van der Waals surface area contributed by atoms with Gasteiger partial charge in [0.1, 0.15) is 0 Å². The molecular formula is C66H114. The van der Waals surface area contributed by atoms with Crippen molar-refractivity contribution in [2.24, 2.45) is 23.2 Å². The van der Waals surface area contributed by atoms with Crippen molar-refractivity contribution in [1.82, 2.24) is 0 Å². The molecule has 5 aromatic rings. The highest BCUT2D eigenvalue weighted by Crippen LogP contribution is 2.20. The number of rotatable bonds is 7. The monoisotopic (exact) mass is 907 g/mol. The Balaban J connectivity index is -0.000000158. The molecule has 378 valence electrons. The fourth-order valence-electron chi connectivity index (χ4n) is 3.72. The fraction of sp³-hybridized carbons (Fsp3) is 0.545. The standard InChI is InChI=1S/2C13H12.C7H8.4C5H12.2C4H10.C3H8.C2H6/c1-11-6-5-9-13(10-11)12-7-3-2-4-8-12;1-11-7-9-13(10-8-11)12-5-3-2-4-6-12;1-7-5-3-2-4-6-7;1-5(2,3)4;2*1-4-5(2)3;1-3-5-4-2;1-4(2)3;1-3-4-2;1-3-2;1-2/h2*2-10H,1H3;2-6H,1H3;1-4H3;2*5H,4H2,1-3H3;3-5H2,1-2H3;4H,1-3H3;3-4H2,1-2H3;3H2,1-2H3;1-2H3. The van der Waals surface area contributed by atoms with Crippen molar-refractivity contribution in [3.63, 3.8) is 0 Å². The fourth-order valence-corrected chi connectivity index (χ4v) is 3.72. The maximum Gasteiger partial charge on any atom is -0.0181 e. The van der Waals surface area contributed by atoms with Crippen LogP contribution in [0.25, 0.3) is 22.3 Å². The molecule has 0 spiro atoms. The van der Waals surface area contributed by atoms with Gasteiger partial charge in [-0.1, -0.05) is 353 Å². The Hall–Kier alpha value is -3.90. The van der Waals surface area contributed by atoms with Gasteiger partial charge in [-0.3, -0.25) is 0 Å². The molecule has 0 saturated heterocycles. The zero-order chi connectivity index (χ0) is 52.2. The first-order chi connectivity index (χ1) is 31.1. The van der Waals surface area contributed by atoms with E-state index in [4.69, 9.17) is 0 Å². The lowest BCUT2D eigenvalue weighted by Gasteiger charge is -2.05. The van der Waals surface area contributed by atoms with Gasteiger partial charge in [-0.05, 0) is 66.2 Å². The van der Waals surface area contributed by atoms with Crippen molar-refractivity contribution < 1.29 is 0 Å². The summed E-state index contributed by atoms with van der Waals surface area (Å²) >= 11 is 0. The van der Waals surface area contributed by atoms with Crippen LogP contribution in [-0.4, -0.2) is 0 Å². The minimum Gasteiger partial charge on any atom is -0.0683 e. The summed E-state index contributed by atoms with van der Waals surface area (Å²) in [6.45, 7) is 51.9. The highest BCUT2D eigenvalue weighted by atomic mass is 14.0. The molecule has 66 heavy (non-hydrogen) atoms. The third-order valence-electron chi connectivity index (χ3n) is 8.06. The predicted molar refractivity (Wildman–Crippen MR) is 313 cm³/mol. The molecule has 0 aliphatic rings. The van der Waals surface area contributed by atoms with Gasteiger partial charge >= 0.3 is 0 Å². The molecule has 5 aromatic carbocycles. The lowest BCUT2D eigenvalue weighted by atomic mass is 10.0. The number of unbranched alkanes of at least 4 members (excludes halogenated alkanes) is 3. The van der Waals surface area contributed by atoms with E-state index >= 15 is 0 Å². The molecule has 0 saturated carbocycles. The van der Waals surface area contributed by atoms with Crippen LogP contribution in [-0.2, 0) is 0 Å². The van der Waals surface area contributed by atoms with Crippen molar-refractivity contribution in [2.45, 2.75) is 218 Å². The number of hydrogen-bond acceptors (Lipinski definition) is 0. The van der Waals surface area contributed by atoms with Crippen molar-refractivity contribution in [3.8, 4) is 22.3 Å². The molecule has 0 radical (unpaired) electrons. The van der Waals surface area contributed by atoms with E-state index in [2.05, 4.69) is 262 Å². The molecule has 5 rings (SSSR count). The maximum absolute atomic E-state index is 2.22. The van der Waals surface area contributed by atoms with Gasteiger partial charge in [0.25, 0.3) is 0 Å². The predicted octanol–water partition coefficient (Wildman–Crippen LogP) is 23.6. The third-order valence-corrected chi connectivity index (χ3v) is 8.06. The SMILES string of the molecule is CC.CC(C)(C)C.CC(C)C.CCC.CCC(C)C.CCC(C)C.CCCC.CCCCC.Cc1ccc(-c2ccccc2)cc1.Cc1cccc(-c2ccccc2)c1.Cc1ccccc1.